The Hall–Kier alpha value is -4.97. The lowest BCUT2D eigenvalue weighted by atomic mass is 9.96. The molecule has 0 aromatic heterocycles. The topological polar surface area (TPSA) is 116 Å². The Morgan fingerprint density at radius 2 is 1.55 bits per heavy atom. The Morgan fingerprint density at radius 3 is 2.18 bits per heavy atom. The smallest absolute Gasteiger partial charge is 0.475 e. The highest BCUT2D eigenvalue weighted by Crippen LogP contribution is 2.33. The van der Waals surface area contributed by atoms with Gasteiger partial charge in [0.2, 0.25) is 11.8 Å². The molecule has 3 N–H and O–H groups in total. The summed E-state index contributed by atoms with van der Waals surface area (Å²) in [5.74, 6) is -3.57. The van der Waals surface area contributed by atoms with Crippen molar-refractivity contribution in [2.24, 2.45) is 0 Å². The minimum absolute atomic E-state index is 0.0167. The van der Waals surface area contributed by atoms with Crippen LogP contribution in [0.1, 0.15) is 39.4 Å². The molecule has 8 nitrogen and oxygen atoms in total. The first-order valence-electron chi connectivity index (χ1n) is 15.4. The Labute approximate surface area is 290 Å². The van der Waals surface area contributed by atoms with E-state index in [1.165, 1.54) is 0 Å². The third-order valence-corrected chi connectivity index (χ3v) is 8.99. The van der Waals surface area contributed by atoms with E-state index >= 15 is 0 Å². The number of carbonyl (C=O) groups excluding carboxylic acids is 3. The number of alkyl halides is 3. The number of carboxylic acid groups (broad SMARTS) is 1. The summed E-state index contributed by atoms with van der Waals surface area (Å²) in [5, 5.41) is 12.9. The molecule has 256 valence electrons. The molecule has 0 spiro atoms. The van der Waals surface area contributed by atoms with Crippen LogP contribution < -0.4 is 10.6 Å². The van der Waals surface area contributed by atoms with Crippen molar-refractivity contribution in [2.75, 3.05) is 13.6 Å². The summed E-state index contributed by atoms with van der Waals surface area (Å²) in [6.07, 6.45) is -4.29. The molecule has 1 aliphatic rings. The fourth-order valence-corrected chi connectivity index (χ4v) is 6.16. The van der Waals surface area contributed by atoms with Crippen LogP contribution in [0.5, 0.6) is 0 Å². The number of carbonyl (C=O) groups is 4. The predicted molar refractivity (Wildman–Crippen MR) is 183 cm³/mol. The van der Waals surface area contributed by atoms with Crippen LogP contribution >= 0.6 is 15.9 Å². The molecule has 1 heterocycles. The van der Waals surface area contributed by atoms with Crippen LogP contribution in [0.2, 0.25) is 0 Å². The van der Waals surface area contributed by atoms with Crippen molar-refractivity contribution in [1.29, 1.82) is 0 Å². The summed E-state index contributed by atoms with van der Waals surface area (Å²) < 4.78 is 32.6. The highest BCUT2D eigenvalue weighted by molar-refractivity contribution is 9.10. The van der Waals surface area contributed by atoms with Gasteiger partial charge in [0.25, 0.3) is 5.91 Å². The van der Waals surface area contributed by atoms with Crippen molar-refractivity contribution in [3.05, 3.63) is 130 Å². The zero-order valence-electron chi connectivity index (χ0n) is 26.7. The van der Waals surface area contributed by atoms with Crippen LogP contribution in [-0.4, -0.2) is 65.5 Å². The van der Waals surface area contributed by atoms with E-state index in [0.29, 0.717) is 18.5 Å². The molecule has 12 heteroatoms. The average Bonchev–Trinajstić information content (AvgIpc) is 3.54. The van der Waals surface area contributed by atoms with Crippen molar-refractivity contribution in [3.63, 3.8) is 0 Å². The quantitative estimate of drug-likeness (QED) is 0.190. The van der Waals surface area contributed by atoms with Gasteiger partial charge < -0.3 is 20.6 Å². The predicted octanol–water partition coefficient (Wildman–Crippen LogP) is 6.53. The molecule has 49 heavy (non-hydrogen) atoms. The van der Waals surface area contributed by atoms with Crippen molar-refractivity contribution in [3.8, 4) is 11.1 Å². The second-order valence-electron chi connectivity index (χ2n) is 11.5. The molecule has 0 saturated carbocycles. The number of amides is 3. The number of nitrogens with zero attached hydrogens (tertiary/aromatic N) is 1. The van der Waals surface area contributed by atoms with Crippen LogP contribution in [0.3, 0.4) is 0 Å². The number of aliphatic carboxylic acids is 1. The molecule has 0 bridgehead atoms. The van der Waals surface area contributed by atoms with E-state index in [-0.39, 0.29) is 30.1 Å². The average molecular weight is 739 g/mol. The second-order valence-corrected chi connectivity index (χ2v) is 12.3. The number of halogens is 4. The maximum Gasteiger partial charge on any atom is 0.490 e. The Morgan fingerprint density at radius 1 is 0.918 bits per heavy atom. The fourth-order valence-electron chi connectivity index (χ4n) is 5.71. The fraction of sp³-hybridized carbons (Fsp3) is 0.243. The van der Waals surface area contributed by atoms with E-state index in [2.05, 4.69) is 26.6 Å². The van der Waals surface area contributed by atoms with Crippen molar-refractivity contribution >= 4 is 39.6 Å². The van der Waals surface area contributed by atoms with Gasteiger partial charge in [-0.3, -0.25) is 14.4 Å². The molecule has 1 fully saturated rings. The number of carboxylic acids is 1. The molecule has 0 aliphatic carbocycles. The first kappa shape index (κ1) is 36.9. The van der Waals surface area contributed by atoms with E-state index < -0.39 is 24.2 Å². The number of nitrogens with one attached hydrogen (secondary N) is 2. The van der Waals surface area contributed by atoms with E-state index in [4.69, 9.17) is 9.90 Å². The molecule has 0 radical (unpaired) electrons. The number of hydrogen-bond donors (Lipinski definition) is 3. The minimum atomic E-state index is -5.08. The highest BCUT2D eigenvalue weighted by Gasteiger charge is 2.42. The van der Waals surface area contributed by atoms with Crippen LogP contribution in [0, 0.1) is 6.92 Å². The lowest BCUT2D eigenvalue weighted by Gasteiger charge is -2.29. The lowest BCUT2D eigenvalue weighted by Crippen LogP contribution is -2.54. The normalized spacial score (nSPS) is 16.2. The van der Waals surface area contributed by atoms with Gasteiger partial charge in [0.15, 0.2) is 0 Å². The van der Waals surface area contributed by atoms with Crippen molar-refractivity contribution in [2.45, 2.75) is 43.9 Å². The van der Waals surface area contributed by atoms with E-state index in [0.717, 1.165) is 32.3 Å². The zero-order valence-corrected chi connectivity index (χ0v) is 28.3. The summed E-state index contributed by atoms with van der Waals surface area (Å²) >= 11 is 3.60. The van der Waals surface area contributed by atoms with Gasteiger partial charge in [-0.25, -0.2) is 4.79 Å². The van der Waals surface area contributed by atoms with Gasteiger partial charge in [0.05, 0.1) is 0 Å². The van der Waals surface area contributed by atoms with Gasteiger partial charge in [-0.1, -0.05) is 101 Å². The van der Waals surface area contributed by atoms with E-state index in [9.17, 15) is 27.6 Å². The first-order chi connectivity index (χ1) is 23.3. The molecular formula is C37H35BrF3N3O5. The summed E-state index contributed by atoms with van der Waals surface area (Å²) in [5.41, 5.74) is 5.53. The van der Waals surface area contributed by atoms with E-state index in [1.54, 1.807) is 18.0 Å². The van der Waals surface area contributed by atoms with Gasteiger partial charge in [-0.05, 0) is 59.4 Å². The van der Waals surface area contributed by atoms with Crippen molar-refractivity contribution < 1.29 is 37.5 Å². The molecule has 1 aliphatic heterocycles. The van der Waals surface area contributed by atoms with E-state index in [1.807, 2.05) is 104 Å². The van der Waals surface area contributed by atoms with Crippen molar-refractivity contribution in [1.82, 2.24) is 15.5 Å². The maximum atomic E-state index is 14.3. The van der Waals surface area contributed by atoms with Gasteiger partial charge >= 0.3 is 12.1 Å². The van der Waals surface area contributed by atoms with Crippen LogP contribution in [-0.2, 0) is 20.8 Å². The Kier molecular flexibility index (Phi) is 12.4. The van der Waals surface area contributed by atoms with Gasteiger partial charge in [-0.2, -0.15) is 13.2 Å². The molecule has 4 aromatic carbocycles. The minimum Gasteiger partial charge on any atom is -0.475 e. The largest absolute Gasteiger partial charge is 0.490 e. The summed E-state index contributed by atoms with van der Waals surface area (Å²) in [6, 6.07) is 31.6. The molecule has 5 rings (SSSR count). The number of hydrogen-bond acceptors (Lipinski definition) is 4. The number of rotatable bonds is 8. The molecular weight excluding hydrogens is 703 g/mol. The number of likely N-dealkylation sites (N-methyl/N-ethyl adjacent to an activating group) is 1. The first-order valence-corrected chi connectivity index (χ1v) is 16.2. The second kappa shape index (κ2) is 16.4. The molecule has 3 amide bonds. The summed E-state index contributed by atoms with van der Waals surface area (Å²) in [4.78, 5) is 51.5. The number of likely N-dealkylation sites (tertiary alicyclic amines) is 1. The Bertz CT molecular complexity index is 1800. The Balaban J connectivity index is 0.000000698. The number of aryl methyl sites for hydroxylation is 1. The maximum absolute atomic E-state index is 14.3. The third kappa shape index (κ3) is 9.56. The lowest BCUT2D eigenvalue weighted by molar-refractivity contribution is -0.192. The molecule has 4 aromatic rings. The third-order valence-electron chi connectivity index (χ3n) is 8.21. The standard InChI is InChI=1S/C35H34BrN3O3.C2HF3O2/c1-23-11-6-8-17-29(23)25-15-10-16-27(19-25)33(40)38-31(20-26-14-7-9-18-30(26)36)35(42)39-22-28(21-32(39)34(41)37-2)24-12-4-3-5-13-24;3-2(4,5)1(6)7/h3-19,28,31-32H,20-22H2,1-2H3,(H,37,41)(H,38,40);(H,6,7)/t28-,31+,32-;/m0./s1. The summed E-state index contributed by atoms with van der Waals surface area (Å²) in [6.45, 7) is 2.43. The number of benzene rings is 4. The van der Waals surface area contributed by atoms with Crippen LogP contribution in [0.15, 0.2) is 108 Å². The molecule has 1 saturated heterocycles. The zero-order chi connectivity index (χ0) is 35.7. The SMILES string of the molecule is CNC(=O)[C@@H]1C[C@H](c2ccccc2)CN1C(=O)[C@@H](Cc1ccccc1Br)NC(=O)c1cccc(-c2ccccc2C)c1.O=C(O)C(F)(F)F. The summed E-state index contributed by atoms with van der Waals surface area (Å²) in [7, 11) is 1.59. The van der Waals surface area contributed by atoms with Gasteiger partial charge in [0, 0.05) is 36.0 Å². The highest BCUT2D eigenvalue weighted by atomic mass is 79.9. The van der Waals surface area contributed by atoms with Gasteiger partial charge in [0.1, 0.15) is 12.1 Å². The van der Waals surface area contributed by atoms with Gasteiger partial charge in [-0.15, -0.1) is 0 Å². The van der Waals surface area contributed by atoms with Crippen LogP contribution in [0.25, 0.3) is 11.1 Å². The molecule has 0 unspecified atom stereocenters. The monoisotopic (exact) mass is 737 g/mol. The molecule has 3 atom stereocenters. The van der Waals surface area contributed by atoms with Crippen LogP contribution in [0.4, 0.5) is 13.2 Å².